The fraction of sp³-hybridized carbons (Fsp3) is 0.250. The fourth-order valence-corrected chi connectivity index (χ4v) is 0.890. The summed E-state index contributed by atoms with van der Waals surface area (Å²) < 4.78 is 25.4. The maximum atomic E-state index is 12.8. The van der Waals surface area contributed by atoms with Gasteiger partial charge in [-0.2, -0.15) is 0 Å². The van der Waals surface area contributed by atoms with Crippen LogP contribution in [0.5, 0.6) is 5.75 Å². The largest absolute Gasteiger partial charge is 0.505 e. The Balaban J connectivity index is 3.05. The second kappa shape index (κ2) is 3.49. The maximum absolute atomic E-state index is 12.8. The molecule has 0 atom stereocenters. The third-order valence-electron chi connectivity index (χ3n) is 1.50. The zero-order chi connectivity index (χ0) is 9.14. The number of hydrogen-bond donors (Lipinski definition) is 2. The molecule has 12 heavy (non-hydrogen) atoms. The van der Waals surface area contributed by atoms with Gasteiger partial charge in [0.25, 0.3) is 0 Å². The van der Waals surface area contributed by atoms with Crippen molar-refractivity contribution >= 4 is 0 Å². The van der Waals surface area contributed by atoms with Gasteiger partial charge in [-0.25, -0.2) is 8.78 Å². The topological polar surface area (TPSA) is 40.5 Å². The first kappa shape index (κ1) is 8.93. The summed E-state index contributed by atoms with van der Waals surface area (Å²) in [6.07, 6.45) is 0.0447. The van der Waals surface area contributed by atoms with Gasteiger partial charge in [-0.05, 0) is 18.1 Å². The zero-order valence-corrected chi connectivity index (χ0v) is 6.22. The van der Waals surface area contributed by atoms with Crippen LogP contribution in [0.4, 0.5) is 8.78 Å². The summed E-state index contributed by atoms with van der Waals surface area (Å²) in [7, 11) is 0. The molecule has 0 unspecified atom stereocenters. The van der Waals surface area contributed by atoms with E-state index in [1.54, 1.807) is 0 Å². The number of aromatic hydroxyl groups is 1. The van der Waals surface area contributed by atoms with E-state index in [1.807, 2.05) is 0 Å². The molecule has 0 fully saturated rings. The van der Waals surface area contributed by atoms with Crippen LogP contribution < -0.4 is 0 Å². The molecular weight excluding hydrogens is 166 g/mol. The van der Waals surface area contributed by atoms with Crippen LogP contribution in [0.15, 0.2) is 12.1 Å². The minimum Gasteiger partial charge on any atom is -0.505 e. The highest BCUT2D eigenvalue weighted by molar-refractivity contribution is 5.29. The van der Waals surface area contributed by atoms with Crippen molar-refractivity contribution in [3.05, 3.63) is 29.3 Å². The van der Waals surface area contributed by atoms with Crippen molar-refractivity contribution in [1.82, 2.24) is 0 Å². The molecule has 2 nitrogen and oxygen atoms in total. The van der Waals surface area contributed by atoms with E-state index in [0.29, 0.717) is 6.07 Å². The molecule has 0 bridgehead atoms. The van der Waals surface area contributed by atoms with Crippen LogP contribution in [-0.4, -0.2) is 16.8 Å². The number of hydrogen-bond acceptors (Lipinski definition) is 2. The summed E-state index contributed by atoms with van der Waals surface area (Å²) in [6, 6.07) is 1.57. The molecule has 0 spiro atoms. The van der Waals surface area contributed by atoms with Gasteiger partial charge in [0.05, 0.1) is 0 Å². The molecule has 0 aromatic heterocycles. The van der Waals surface area contributed by atoms with Gasteiger partial charge in [-0.1, -0.05) is 0 Å². The number of rotatable bonds is 2. The average Bonchev–Trinajstić information content (AvgIpc) is 2.01. The molecule has 0 aliphatic heterocycles. The molecule has 4 heteroatoms. The zero-order valence-electron chi connectivity index (χ0n) is 6.22. The van der Waals surface area contributed by atoms with E-state index >= 15 is 0 Å². The van der Waals surface area contributed by atoms with E-state index in [-0.39, 0.29) is 18.6 Å². The third-order valence-corrected chi connectivity index (χ3v) is 1.50. The van der Waals surface area contributed by atoms with Crippen molar-refractivity contribution in [2.75, 3.05) is 6.61 Å². The lowest BCUT2D eigenvalue weighted by Crippen LogP contribution is -1.96. The van der Waals surface area contributed by atoms with E-state index in [1.165, 1.54) is 0 Å². The van der Waals surface area contributed by atoms with Crippen molar-refractivity contribution in [2.45, 2.75) is 6.42 Å². The van der Waals surface area contributed by atoms with Crippen LogP contribution in [-0.2, 0) is 6.42 Å². The third kappa shape index (κ3) is 1.71. The SMILES string of the molecule is OCCc1cc(F)c(O)cc1F. The lowest BCUT2D eigenvalue weighted by atomic mass is 10.1. The number of halogens is 2. The van der Waals surface area contributed by atoms with E-state index in [0.717, 1.165) is 6.07 Å². The summed E-state index contributed by atoms with van der Waals surface area (Å²) in [4.78, 5) is 0. The lowest BCUT2D eigenvalue weighted by molar-refractivity contribution is 0.297. The minimum absolute atomic E-state index is 0.0447. The van der Waals surface area contributed by atoms with Crippen LogP contribution in [0.3, 0.4) is 0 Å². The number of aliphatic hydroxyl groups excluding tert-OH is 1. The van der Waals surface area contributed by atoms with Gasteiger partial charge in [-0.15, -0.1) is 0 Å². The molecule has 0 radical (unpaired) electrons. The molecule has 0 amide bonds. The molecule has 0 saturated heterocycles. The smallest absolute Gasteiger partial charge is 0.165 e. The Kier molecular flexibility index (Phi) is 2.60. The van der Waals surface area contributed by atoms with E-state index in [2.05, 4.69) is 0 Å². The minimum atomic E-state index is -0.875. The predicted molar refractivity (Wildman–Crippen MR) is 38.8 cm³/mol. The lowest BCUT2D eigenvalue weighted by Gasteiger charge is -2.01. The molecule has 66 valence electrons. The molecule has 1 rings (SSSR count). The highest BCUT2D eigenvalue weighted by Gasteiger charge is 2.07. The van der Waals surface area contributed by atoms with Crippen LogP contribution in [0, 0.1) is 11.6 Å². The fourth-order valence-electron chi connectivity index (χ4n) is 0.890. The summed E-state index contributed by atoms with van der Waals surface area (Å²) in [6.45, 7) is -0.249. The Labute approximate surface area is 68.1 Å². The predicted octanol–water partition coefficient (Wildman–Crippen LogP) is 1.21. The van der Waals surface area contributed by atoms with Crippen LogP contribution >= 0.6 is 0 Å². The first-order chi connectivity index (χ1) is 5.65. The van der Waals surface area contributed by atoms with Crippen LogP contribution in [0.2, 0.25) is 0 Å². The number of phenols is 1. The van der Waals surface area contributed by atoms with Crippen molar-refractivity contribution in [1.29, 1.82) is 0 Å². The Morgan fingerprint density at radius 3 is 2.42 bits per heavy atom. The molecule has 1 aromatic carbocycles. The van der Waals surface area contributed by atoms with Gasteiger partial charge in [0.2, 0.25) is 0 Å². The number of benzene rings is 1. The molecule has 1 aromatic rings. The Bertz CT molecular complexity index is 287. The van der Waals surface area contributed by atoms with Gasteiger partial charge in [0.15, 0.2) is 11.6 Å². The Morgan fingerprint density at radius 1 is 1.17 bits per heavy atom. The highest BCUT2D eigenvalue weighted by Crippen LogP contribution is 2.19. The van der Waals surface area contributed by atoms with Gasteiger partial charge in [0, 0.05) is 12.7 Å². The van der Waals surface area contributed by atoms with Crippen molar-refractivity contribution in [3.63, 3.8) is 0 Å². The maximum Gasteiger partial charge on any atom is 0.165 e. The van der Waals surface area contributed by atoms with Gasteiger partial charge >= 0.3 is 0 Å². The molecular formula is C8H8F2O2. The molecule has 0 aliphatic rings. The second-order valence-corrected chi connectivity index (χ2v) is 2.37. The number of aliphatic hydroxyl groups is 1. The summed E-state index contributed by atoms with van der Waals surface area (Å²) in [5.74, 6) is -2.29. The van der Waals surface area contributed by atoms with E-state index in [9.17, 15) is 8.78 Å². The highest BCUT2D eigenvalue weighted by atomic mass is 19.1. The van der Waals surface area contributed by atoms with Gasteiger partial charge < -0.3 is 10.2 Å². The normalized spacial score (nSPS) is 10.2. The van der Waals surface area contributed by atoms with Gasteiger partial charge in [0.1, 0.15) is 5.82 Å². The molecule has 0 saturated carbocycles. The second-order valence-electron chi connectivity index (χ2n) is 2.37. The van der Waals surface area contributed by atoms with E-state index < -0.39 is 17.4 Å². The monoisotopic (exact) mass is 174 g/mol. The first-order valence-electron chi connectivity index (χ1n) is 3.43. The standard InChI is InChI=1S/C8H8F2O2/c9-6-4-8(12)7(10)3-5(6)1-2-11/h3-4,11-12H,1-2H2. The quantitative estimate of drug-likeness (QED) is 0.707. The van der Waals surface area contributed by atoms with Crippen molar-refractivity contribution < 1.29 is 19.0 Å². The Hall–Kier alpha value is -1.16. The first-order valence-corrected chi connectivity index (χ1v) is 3.43. The molecule has 2 N–H and O–H groups in total. The van der Waals surface area contributed by atoms with Crippen LogP contribution in [0.25, 0.3) is 0 Å². The van der Waals surface area contributed by atoms with Crippen molar-refractivity contribution in [2.24, 2.45) is 0 Å². The van der Waals surface area contributed by atoms with Crippen molar-refractivity contribution in [3.8, 4) is 5.75 Å². The average molecular weight is 174 g/mol. The Morgan fingerprint density at radius 2 is 1.83 bits per heavy atom. The van der Waals surface area contributed by atoms with Crippen LogP contribution in [0.1, 0.15) is 5.56 Å². The summed E-state index contributed by atoms with van der Waals surface area (Å²) in [5.41, 5.74) is 0.0628. The van der Waals surface area contributed by atoms with Gasteiger partial charge in [-0.3, -0.25) is 0 Å². The molecule has 0 aliphatic carbocycles. The molecule has 0 heterocycles. The number of phenolic OH excluding ortho intramolecular Hbond substituents is 1. The summed E-state index contributed by atoms with van der Waals surface area (Å²) in [5, 5.41) is 17.2. The summed E-state index contributed by atoms with van der Waals surface area (Å²) >= 11 is 0. The van der Waals surface area contributed by atoms with E-state index in [4.69, 9.17) is 10.2 Å².